The minimum atomic E-state index is -0.619. The average Bonchev–Trinajstić information content (AvgIpc) is 3.65. The van der Waals surface area contributed by atoms with Crippen molar-refractivity contribution in [1.82, 2.24) is 25.5 Å². The lowest BCUT2D eigenvalue weighted by molar-refractivity contribution is -0.103. The fraction of sp³-hybridized carbons (Fsp3) is 0.725. The number of likely N-dealkylation sites (tertiary alicyclic amines) is 1. The maximum absolute atomic E-state index is 13.4. The summed E-state index contributed by atoms with van der Waals surface area (Å²) in [6.45, 7) is 16.3. The van der Waals surface area contributed by atoms with Gasteiger partial charge in [-0.1, -0.05) is 33.6 Å². The van der Waals surface area contributed by atoms with Crippen LogP contribution in [-0.2, 0) is 4.74 Å². The van der Waals surface area contributed by atoms with Crippen molar-refractivity contribution < 1.29 is 19.4 Å². The molecule has 6 rings (SSSR count). The van der Waals surface area contributed by atoms with Crippen LogP contribution in [0.1, 0.15) is 109 Å². The summed E-state index contributed by atoms with van der Waals surface area (Å²) >= 11 is 0. The predicted molar refractivity (Wildman–Crippen MR) is 208 cm³/mol. The molecular weight excluding hydrogens is 656 g/mol. The number of methoxy groups -OCH3 is 1. The van der Waals surface area contributed by atoms with Crippen LogP contribution in [0.15, 0.2) is 24.4 Å². The van der Waals surface area contributed by atoms with Gasteiger partial charge in [-0.25, -0.2) is 4.98 Å². The van der Waals surface area contributed by atoms with Crippen LogP contribution in [0.3, 0.4) is 0 Å². The highest BCUT2D eigenvalue weighted by Crippen LogP contribution is 2.42. The smallest absolute Gasteiger partial charge is 0.251 e. The van der Waals surface area contributed by atoms with Gasteiger partial charge in [0.2, 0.25) is 5.95 Å². The van der Waals surface area contributed by atoms with Crippen LogP contribution in [0.5, 0.6) is 5.75 Å². The normalized spacial score (nSPS) is 22.8. The predicted octanol–water partition coefficient (Wildman–Crippen LogP) is 5.68. The number of hydrogen-bond donors (Lipinski definition) is 4. The third kappa shape index (κ3) is 9.12. The standard InChI is InChI=1S/C40H64N8O4/c1-8-32-37(50)46(6)33-24-42-38(45-35(33)48(32)29-11-9-10-12-29)44-31-14-13-27(23-34(31)51-7)36(49)43-28-17-21-47(22-18-28)26-39(2,3)25-40(4,5)52-30-15-19-41-20-16-30/h13-14,23-24,28-30,32,37,41,50H,8-12,15-22,25-26H2,1-7H3,(H,43,49)(H,42,44,45). The number of fused-ring (bicyclic) bond motifs is 1. The van der Waals surface area contributed by atoms with E-state index < -0.39 is 6.23 Å². The molecular formula is C40H64N8O4. The summed E-state index contributed by atoms with van der Waals surface area (Å²) in [5.41, 5.74) is 2.03. The lowest BCUT2D eigenvalue weighted by atomic mass is 9.80. The van der Waals surface area contributed by atoms with Gasteiger partial charge in [0.25, 0.3) is 5.91 Å². The van der Waals surface area contributed by atoms with E-state index in [1.165, 1.54) is 12.8 Å². The van der Waals surface area contributed by atoms with Crippen molar-refractivity contribution >= 4 is 29.0 Å². The van der Waals surface area contributed by atoms with Gasteiger partial charge in [-0.3, -0.25) is 4.79 Å². The quantitative estimate of drug-likeness (QED) is 0.204. The zero-order valence-corrected chi connectivity index (χ0v) is 32.7. The van der Waals surface area contributed by atoms with Crippen LogP contribution in [0.25, 0.3) is 0 Å². The van der Waals surface area contributed by atoms with E-state index in [0.29, 0.717) is 35.1 Å². The Morgan fingerprint density at radius 2 is 1.77 bits per heavy atom. The summed E-state index contributed by atoms with van der Waals surface area (Å²) in [6, 6.07) is 5.90. The fourth-order valence-electron chi connectivity index (χ4n) is 9.38. The summed E-state index contributed by atoms with van der Waals surface area (Å²) in [5.74, 6) is 1.75. The van der Waals surface area contributed by atoms with Crippen LogP contribution in [0.4, 0.5) is 23.1 Å². The summed E-state index contributed by atoms with van der Waals surface area (Å²) < 4.78 is 12.3. The number of likely N-dealkylation sites (N-methyl/N-ethyl adjacent to an activating group) is 1. The molecule has 4 aliphatic rings. The first-order valence-corrected chi connectivity index (χ1v) is 19.8. The Kier molecular flexibility index (Phi) is 12.2. The summed E-state index contributed by atoms with van der Waals surface area (Å²) in [5, 5.41) is 21.2. The van der Waals surface area contributed by atoms with E-state index in [2.05, 4.69) is 65.4 Å². The summed E-state index contributed by atoms with van der Waals surface area (Å²) in [6.07, 6.45) is 11.9. The average molecular weight is 721 g/mol. The molecule has 3 aliphatic heterocycles. The van der Waals surface area contributed by atoms with Crippen molar-refractivity contribution in [3.8, 4) is 5.75 Å². The highest BCUT2D eigenvalue weighted by atomic mass is 16.5. The molecule has 2 saturated heterocycles. The Morgan fingerprint density at radius 1 is 1.06 bits per heavy atom. The van der Waals surface area contributed by atoms with Crippen molar-refractivity contribution in [2.45, 2.75) is 135 Å². The number of benzene rings is 1. The second-order valence-electron chi connectivity index (χ2n) is 17.0. The van der Waals surface area contributed by atoms with Gasteiger partial charge < -0.3 is 45.2 Å². The van der Waals surface area contributed by atoms with Gasteiger partial charge in [0.1, 0.15) is 17.7 Å². The van der Waals surface area contributed by atoms with Crippen molar-refractivity contribution in [3.63, 3.8) is 0 Å². The van der Waals surface area contributed by atoms with Gasteiger partial charge >= 0.3 is 0 Å². The van der Waals surface area contributed by atoms with Gasteiger partial charge in [-0.15, -0.1) is 0 Å². The van der Waals surface area contributed by atoms with Gasteiger partial charge in [0, 0.05) is 44.3 Å². The molecule has 2 aromatic rings. The zero-order valence-electron chi connectivity index (χ0n) is 32.7. The van der Waals surface area contributed by atoms with Gasteiger partial charge in [-0.05, 0) is 102 Å². The fourth-order valence-corrected chi connectivity index (χ4v) is 9.38. The van der Waals surface area contributed by atoms with E-state index in [-0.39, 0.29) is 29.0 Å². The number of carbonyl (C=O) groups is 1. The van der Waals surface area contributed by atoms with Gasteiger partial charge in [-0.2, -0.15) is 4.98 Å². The molecule has 1 aromatic heterocycles. The molecule has 0 bridgehead atoms. The second kappa shape index (κ2) is 16.4. The molecule has 4 N–H and O–H groups in total. The van der Waals surface area contributed by atoms with E-state index in [9.17, 15) is 9.90 Å². The number of aliphatic hydroxyl groups is 1. The van der Waals surface area contributed by atoms with Crippen molar-refractivity contribution in [2.24, 2.45) is 5.41 Å². The number of anilines is 4. The number of amides is 1. The lowest BCUT2D eigenvalue weighted by Gasteiger charge is -2.48. The maximum Gasteiger partial charge on any atom is 0.251 e. The Labute approximate surface area is 311 Å². The number of ether oxygens (including phenoxy) is 2. The van der Waals surface area contributed by atoms with Crippen LogP contribution >= 0.6 is 0 Å². The highest BCUT2D eigenvalue weighted by molar-refractivity contribution is 5.95. The third-order valence-electron chi connectivity index (χ3n) is 11.6. The molecule has 1 saturated carbocycles. The van der Waals surface area contributed by atoms with Gasteiger partial charge in [0.05, 0.1) is 36.7 Å². The molecule has 1 aliphatic carbocycles. The van der Waals surface area contributed by atoms with Crippen LogP contribution in [0, 0.1) is 5.41 Å². The monoisotopic (exact) mass is 721 g/mol. The van der Waals surface area contributed by atoms with Crippen molar-refractivity contribution in [2.75, 3.05) is 62.0 Å². The third-order valence-corrected chi connectivity index (χ3v) is 11.6. The topological polar surface area (TPSA) is 127 Å². The van der Waals surface area contributed by atoms with E-state index in [1.54, 1.807) is 19.4 Å². The van der Waals surface area contributed by atoms with E-state index in [0.717, 1.165) is 95.6 Å². The number of rotatable bonds is 13. The molecule has 1 aromatic carbocycles. The molecule has 4 heterocycles. The first-order valence-electron chi connectivity index (χ1n) is 19.8. The molecule has 12 heteroatoms. The number of carbonyl (C=O) groups excluding carboxylic acids is 1. The number of piperidine rings is 2. The lowest BCUT2D eigenvalue weighted by Crippen LogP contribution is -2.58. The SMILES string of the molecule is CCC1C(O)N(C)c2cnc(Nc3ccc(C(=O)NC4CCN(CC(C)(C)CC(C)(C)OC5CCNCC5)CC4)cc3OC)nc2N1C1CCCC1. The van der Waals surface area contributed by atoms with E-state index >= 15 is 0 Å². The molecule has 2 unspecified atom stereocenters. The Bertz CT molecular complexity index is 1500. The zero-order chi connectivity index (χ0) is 37.0. The van der Waals surface area contributed by atoms with Crippen molar-refractivity contribution in [3.05, 3.63) is 30.0 Å². The highest BCUT2D eigenvalue weighted by Gasteiger charge is 2.41. The molecule has 12 nitrogen and oxygen atoms in total. The molecule has 52 heavy (non-hydrogen) atoms. The minimum Gasteiger partial charge on any atom is -0.495 e. The Hall–Kier alpha value is -3.19. The Balaban J connectivity index is 1.04. The molecule has 288 valence electrons. The molecule has 2 atom stereocenters. The molecule has 0 radical (unpaired) electrons. The molecule has 1 amide bonds. The summed E-state index contributed by atoms with van der Waals surface area (Å²) in [4.78, 5) is 29.8. The van der Waals surface area contributed by atoms with Crippen LogP contribution in [0.2, 0.25) is 0 Å². The van der Waals surface area contributed by atoms with E-state index in [4.69, 9.17) is 14.5 Å². The van der Waals surface area contributed by atoms with Crippen molar-refractivity contribution in [1.29, 1.82) is 0 Å². The number of nitrogens with one attached hydrogen (secondary N) is 3. The first kappa shape index (κ1) is 38.5. The summed E-state index contributed by atoms with van der Waals surface area (Å²) in [7, 11) is 3.51. The molecule has 3 fully saturated rings. The van der Waals surface area contributed by atoms with E-state index in [1.807, 2.05) is 24.1 Å². The number of hydrogen-bond acceptors (Lipinski definition) is 11. The largest absolute Gasteiger partial charge is 0.495 e. The minimum absolute atomic E-state index is 0.0452. The second-order valence-corrected chi connectivity index (χ2v) is 17.0. The number of nitrogens with zero attached hydrogens (tertiary/aromatic N) is 5. The van der Waals surface area contributed by atoms with Gasteiger partial charge in [0.15, 0.2) is 5.82 Å². The number of aliphatic hydroxyl groups excluding tert-OH is 1. The maximum atomic E-state index is 13.4. The Morgan fingerprint density at radius 3 is 2.44 bits per heavy atom. The van der Waals surface area contributed by atoms with Crippen LogP contribution < -0.4 is 30.5 Å². The molecule has 0 spiro atoms. The first-order chi connectivity index (χ1) is 24.9. The van der Waals surface area contributed by atoms with Crippen LogP contribution in [-0.4, -0.2) is 109 Å². The number of aromatic nitrogens is 2.